The number of rotatable bonds is 15. The highest BCUT2D eigenvalue weighted by atomic mass is 16.2. The van der Waals surface area contributed by atoms with Crippen molar-refractivity contribution in [2.45, 2.75) is 39.0 Å². The van der Waals surface area contributed by atoms with Crippen molar-refractivity contribution in [3.8, 4) is 0 Å². The zero-order valence-electron chi connectivity index (χ0n) is 13.7. The lowest BCUT2D eigenvalue weighted by Crippen LogP contribution is -2.33. The number of carbonyl (C=O) groups excluding carboxylic acids is 1. The SMILES string of the molecule is CC(=O)N(CCCCN)CCCNCCCNCCCN. The van der Waals surface area contributed by atoms with Gasteiger partial charge in [-0.25, -0.2) is 0 Å². The Morgan fingerprint density at radius 3 is 1.90 bits per heavy atom. The van der Waals surface area contributed by atoms with E-state index in [0.29, 0.717) is 6.54 Å². The number of nitrogens with one attached hydrogen (secondary N) is 2. The monoisotopic (exact) mass is 301 g/mol. The molecule has 1 amide bonds. The first-order chi connectivity index (χ1) is 10.2. The molecule has 0 aromatic rings. The van der Waals surface area contributed by atoms with Crippen LogP contribution in [0.25, 0.3) is 0 Å². The summed E-state index contributed by atoms with van der Waals surface area (Å²) in [6.07, 6.45) is 5.15. The first-order valence-corrected chi connectivity index (χ1v) is 8.29. The summed E-state index contributed by atoms with van der Waals surface area (Å²) >= 11 is 0. The third-order valence-corrected chi connectivity index (χ3v) is 3.37. The van der Waals surface area contributed by atoms with Gasteiger partial charge in [0.1, 0.15) is 0 Å². The van der Waals surface area contributed by atoms with E-state index < -0.39 is 0 Å². The lowest BCUT2D eigenvalue weighted by molar-refractivity contribution is -0.129. The number of hydrogen-bond donors (Lipinski definition) is 4. The molecule has 0 aliphatic rings. The molecule has 0 radical (unpaired) electrons. The van der Waals surface area contributed by atoms with E-state index in [9.17, 15) is 4.79 Å². The van der Waals surface area contributed by atoms with Crippen molar-refractivity contribution in [2.75, 3.05) is 52.4 Å². The summed E-state index contributed by atoms with van der Waals surface area (Å²) in [5, 5.41) is 6.77. The van der Waals surface area contributed by atoms with Crippen LogP contribution in [0.5, 0.6) is 0 Å². The fourth-order valence-electron chi connectivity index (χ4n) is 2.08. The summed E-state index contributed by atoms with van der Waals surface area (Å²) in [5.41, 5.74) is 10.9. The lowest BCUT2D eigenvalue weighted by atomic mass is 10.2. The van der Waals surface area contributed by atoms with Gasteiger partial charge in [0.25, 0.3) is 0 Å². The molecule has 21 heavy (non-hydrogen) atoms. The molecule has 0 aromatic carbocycles. The molecule has 6 nitrogen and oxygen atoms in total. The molecule has 0 rings (SSSR count). The van der Waals surface area contributed by atoms with Gasteiger partial charge in [-0.1, -0.05) is 0 Å². The first kappa shape index (κ1) is 20.3. The molecule has 126 valence electrons. The highest BCUT2D eigenvalue weighted by Gasteiger charge is 2.06. The lowest BCUT2D eigenvalue weighted by Gasteiger charge is -2.21. The number of nitrogens with zero attached hydrogens (tertiary/aromatic N) is 1. The molecule has 0 atom stereocenters. The Bertz CT molecular complexity index is 238. The second-order valence-electron chi connectivity index (χ2n) is 5.35. The van der Waals surface area contributed by atoms with Crippen molar-refractivity contribution in [1.82, 2.24) is 15.5 Å². The number of nitrogens with two attached hydrogens (primary N) is 2. The van der Waals surface area contributed by atoms with Crippen molar-refractivity contribution < 1.29 is 4.79 Å². The number of amides is 1. The van der Waals surface area contributed by atoms with E-state index in [4.69, 9.17) is 11.5 Å². The van der Waals surface area contributed by atoms with E-state index in [1.54, 1.807) is 6.92 Å². The molecule has 0 saturated heterocycles. The molecule has 0 bridgehead atoms. The van der Waals surface area contributed by atoms with Crippen LogP contribution in [-0.2, 0) is 4.79 Å². The molecular weight excluding hydrogens is 266 g/mol. The molecule has 0 fully saturated rings. The van der Waals surface area contributed by atoms with Gasteiger partial charge in [0.15, 0.2) is 0 Å². The molecule has 0 heterocycles. The van der Waals surface area contributed by atoms with Crippen molar-refractivity contribution in [2.24, 2.45) is 11.5 Å². The summed E-state index contributed by atoms with van der Waals surface area (Å²) < 4.78 is 0. The van der Waals surface area contributed by atoms with Crippen molar-refractivity contribution in [3.05, 3.63) is 0 Å². The van der Waals surface area contributed by atoms with Crippen LogP contribution in [0.2, 0.25) is 0 Å². The Morgan fingerprint density at radius 2 is 1.33 bits per heavy atom. The third-order valence-electron chi connectivity index (χ3n) is 3.37. The van der Waals surface area contributed by atoms with Gasteiger partial charge in [0, 0.05) is 20.0 Å². The normalized spacial score (nSPS) is 10.8. The fraction of sp³-hybridized carbons (Fsp3) is 0.933. The number of carbonyl (C=O) groups is 1. The first-order valence-electron chi connectivity index (χ1n) is 8.29. The molecule has 0 saturated carbocycles. The predicted octanol–water partition coefficient (Wildman–Crippen LogP) is -0.118. The van der Waals surface area contributed by atoms with Crippen LogP contribution >= 0.6 is 0 Å². The predicted molar refractivity (Wildman–Crippen MR) is 89.2 cm³/mol. The van der Waals surface area contributed by atoms with Crippen LogP contribution in [0.3, 0.4) is 0 Å². The third kappa shape index (κ3) is 14.0. The van der Waals surface area contributed by atoms with Crippen LogP contribution in [0.4, 0.5) is 0 Å². The van der Waals surface area contributed by atoms with Crippen LogP contribution < -0.4 is 22.1 Å². The average molecular weight is 301 g/mol. The smallest absolute Gasteiger partial charge is 0.219 e. The van der Waals surface area contributed by atoms with Crippen LogP contribution in [0.1, 0.15) is 39.0 Å². The maximum atomic E-state index is 11.5. The molecule has 6 N–H and O–H groups in total. The van der Waals surface area contributed by atoms with Gasteiger partial charge in [0.2, 0.25) is 5.91 Å². The molecule has 0 aliphatic heterocycles. The second-order valence-corrected chi connectivity index (χ2v) is 5.35. The molecular formula is C15H35N5O. The molecule has 0 unspecified atom stereocenters. The van der Waals surface area contributed by atoms with E-state index >= 15 is 0 Å². The zero-order chi connectivity index (χ0) is 15.8. The number of hydrogen-bond acceptors (Lipinski definition) is 5. The van der Waals surface area contributed by atoms with Gasteiger partial charge in [-0.15, -0.1) is 0 Å². The summed E-state index contributed by atoms with van der Waals surface area (Å²) in [7, 11) is 0. The van der Waals surface area contributed by atoms with E-state index in [0.717, 1.165) is 77.9 Å². The van der Waals surface area contributed by atoms with Crippen LogP contribution in [0, 0.1) is 0 Å². The summed E-state index contributed by atoms with van der Waals surface area (Å²) in [5.74, 6) is 0.163. The fourth-order valence-corrected chi connectivity index (χ4v) is 2.08. The minimum absolute atomic E-state index is 0.163. The Morgan fingerprint density at radius 1 is 0.810 bits per heavy atom. The molecule has 0 aromatic heterocycles. The second kappa shape index (κ2) is 15.7. The van der Waals surface area contributed by atoms with Crippen molar-refractivity contribution in [3.63, 3.8) is 0 Å². The quantitative estimate of drug-likeness (QED) is 0.316. The maximum absolute atomic E-state index is 11.5. The van der Waals surface area contributed by atoms with Gasteiger partial charge in [-0.3, -0.25) is 4.79 Å². The minimum Gasteiger partial charge on any atom is -0.343 e. The Kier molecular flexibility index (Phi) is 15.2. The van der Waals surface area contributed by atoms with E-state index in [1.807, 2.05) is 4.90 Å². The van der Waals surface area contributed by atoms with Gasteiger partial charge in [-0.2, -0.15) is 0 Å². The van der Waals surface area contributed by atoms with Gasteiger partial charge >= 0.3 is 0 Å². The summed E-state index contributed by atoms with van der Waals surface area (Å²) in [6, 6.07) is 0. The molecule has 0 aliphatic carbocycles. The summed E-state index contributed by atoms with van der Waals surface area (Å²) in [4.78, 5) is 13.4. The van der Waals surface area contributed by atoms with E-state index in [2.05, 4.69) is 10.6 Å². The van der Waals surface area contributed by atoms with Gasteiger partial charge < -0.3 is 27.0 Å². The van der Waals surface area contributed by atoms with Crippen molar-refractivity contribution >= 4 is 5.91 Å². The highest BCUT2D eigenvalue weighted by molar-refractivity contribution is 5.73. The largest absolute Gasteiger partial charge is 0.343 e. The highest BCUT2D eigenvalue weighted by Crippen LogP contribution is 1.97. The Hall–Kier alpha value is -0.690. The molecule has 0 spiro atoms. The minimum atomic E-state index is 0.163. The molecule has 6 heteroatoms. The maximum Gasteiger partial charge on any atom is 0.219 e. The van der Waals surface area contributed by atoms with Gasteiger partial charge in [-0.05, 0) is 71.4 Å². The summed E-state index contributed by atoms with van der Waals surface area (Å²) in [6.45, 7) is 8.78. The van der Waals surface area contributed by atoms with Crippen LogP contribution in [0.15, 0.2) is 0 Å². The Labute approximate surface area is 130 Å². The zero-order valence-corrected chi connectivity index (χ0v) is 13.7. The van der Waals surface area contributed by atoms with Gasteiger partial charge in [0.05, 0.1) is 0 Å². The topological polar surface area (TPSA) is 96.4 Å². The van der Waals surface area contributed by atoms with E-state index in [1.165, 1.54) is 0 Å². The number of unbranched alkanes of at least 4 members (excludes halogenated alkanes) is 1. The van der Waals surface area contributed by atoms with Crippen molar-refractivity contribution in [1.29, 1.82) is 0 Å². The van der Waals surface area contributed by atoms with E-state index in [-0.39, 0.29) is 5.91 Å². The standard InChI is InChI=1S/C15H35N5O/c1-15(21)20(13-3-2-7-16)14-6-12-19-11-5-10-18-9-4-8-17/h18-19H,2-14,16-17H2,1H3. The average Bonchev–Trinajstić information content (AvgIpc) is 2.47. The van der Waals surface area contributed by atoms with Crippen LogP contribution in [-0.4, -0.2) is 63.2 Å². The Balaban J connectivity index is 3.39.